The van der Waals surface area contributed by atoms with Crippen LogP contribution in [0, 0.1) is 10.1 Å². The Morgan fingerprint density at radius 3 is 2.57 bits per heavy atom. The van der Waals surface area contributed by atoms with Gasteiger partial charge in [-0.1, -0.05) is 23.7 Å². The number of carbonyl (C=O) groups is 1. The van der Waals surface area contributed by atoms with Crippen LogP contribution in [-0.2, 0) is 0 Å². The first-order valence-corrected chi connectivity index (χ1v) is 6.18. The number of carbonyl (C=O) groups excluding carboxylic acids is 1. The molecule has 0 spiro atoms. The summed E-state index contributed by atoms with van der Waals surface area (Å²) in [5.74, 6) is -1.28. The van der Waals surface area contributed by atoms with Gasteiger partial charge in [-0.25, -0.2) is 0 Å². The summed E-state index contributed by atoms with van der Waals surface area (Å²) in [6, 6.07) is 8.57. The van der Waals surface area contributed by atoms with Crippen molar-refractivity contribution in [2.24, 2.45) is 0 Å². The lowest BCUT2D eigenvalue weighted by atomic mass is 10.0. The number of hydrogen-bond acceptors (Lipinski definition) is 5. The molecule has 0 atom stereocenters. The van der Waals surface area contributed by atoms with Gasteiger partial charge in [-0.2, -0.15) is 0 Å². The van der Waals surface area contributed by atoms with E-state index in [1.807, 2.05) is 0 Å². The van der Waals surface area contributed by atoms with Gasteiger partial charge in [0.1, 0.15) is 0 Å². The fraction of sp³-hybridized carbons (Fsp3) is 0.0714. The van der Waals surface area contributed by atoms with Gasteiger partial charge in [-0.15, -0.1) is 0 Å². The van der Waals surface area contributed by atoms with Crippen molar-refractivity contribution < 1.29 is 19.6 Å². The third-order valence-corrected chi connectivity index (χ3v) is 3.18. The van der Waals surface area contributed by atoms with E-state index < -0.39 is 22.1 Å². The highest BCUT2D eigenvalue weighted by Crippen LogP contribution is 2.37. The number of phenols is 1. The number of aromatic hydroxyl groups is 1. The molecule has 0 amide bonds. The summed E-state index contributed by atoms with van der Waals surface area (Å²) in [5.41, 5.74) is -0.393. The maximum absolute atomic E-state index is 12.4. The molecule has 0 fully saturated rings. The van der Waals surface area contributed by atoms with E-state index in [1.165, 1.54) is 19.2 Å². The quantitative estimate of drug-likeness (QED) is 0.532. The number of ether oxygens (including phenoxy) is 1. The molecule has 2 aromatic rings. The summed E-state index contributed by atoms with van der Waals surface area (Å²) in [7, 11) is 1.24. The van der Waals surface area contributed by atoms with Crippen LogP contribution in [0.5, 0.6) is 11.5 Å². The van der Waals surface area contributed by atoms with Crippen molar-refractivity contribution in [3.8, 4) is 11.5 Å². The molecule has 0 saturated heterocycles. The first-order chi connectivity index (χ1) is 9.95. The Morgan fingerprint density at radius 1 is 1.33 bits per heavy atom. The Morgan fingerprint density at radius 2 is 2.00 bits per heavy atom. The summed E-state index contributed by atoms with van der Waals surface area (Å²) in [4.78, 5) is 22.5. The first-order valence-electron chi connectivity index (χ1n) is 5.80. The van der Waals surface area contributed by atoms with Crippen LogP contribution in [0.4, 0.5) is 5.69 Å². The van der Waals surface area contributed by atoms with Crippen molar-refractivity contribution in [3.63, 3.8) is 0 Å². The molecule has 6 nitrogen and oxygen atoms in total. The Bertz CT molecular complexity index is 729. The van der Waals surface area contributed by atoms with E-state index >= 15 is 0 Å². The molecule has 1 N–H and O–H groups in total. The molecule has 0 aliphatic rings. The van der Waals surface area contributed by atoms with Gasteiger partial charge in [0.25, 0.3) is 0 Å². The third-order valence-electron chi connectivity index (χ3n) is 2.85. The minimum atomic E-state index is -0.790. The van der Waals surface area contributed by atoms with Crippen LogP contribution in [0.2, 0.25) is 5.02 Å². The summed E-state index contributed by atoms with van der Waals surface area (Å²) in [5, 5.41) is 20.8. The van der Waals surface area contributed by atoms with Crippen molar-refractivity contribution in [2.45, 2.75) is 0 Å². The minimum Gasteiger partial charge on any atom is -0.500 e. The number of nitro groups is 1. The Kier molecular flexibility index (Phi) is 4.09. The van der Waals surface area contributed by atoms with Crippen LogP contribution in [0.25, 0.3) is 0 Å². The number of nitrogens with zero attached hydrogens (tertiary/aromatic N) is 1. The second kappa shape index (κ2) is 5.80. The van der Waals surface area contributed by atoms with Gasteiger partial charge in [0.05, 0.1) is 17.1 Å². The van der Waals surface area contributed by atoms with Gasteiger partial charge in [-0.05, 0) is 18.2 Å². The average Bonchev–Trinajstić information content (AvgIpc) is 2.47. The molecule has 108 valence electrons. The zero-order chi connectivity index (χ0) is 15.6. The Balaban J connectivity index is 2.59. The molecule has 0 heterocycles. The van der Waals surface area contributed by atoms with Crippen molar-refractivity contribution in [3.05, 3.63) is 62.7 Å². The van der Waals surface area contributed by atoms with Crippen LogP contribution >= 0.6 is 11.6 Å². The molecule has 0 aliphatic carbocycles. The smallest absolute Gasteiger partial charge is 0.315 e. The lowest BCUT2D eigenvalue weighted by molar-refractivity contribution is -0.386. The van der Waals surface area contributed by atoms with E-state index in [4.69, 9.17) is 16.3 Å². The van der Waals surface area contributed by atoms with Gasteiger partial charge < -0.3 is 9.84 Å². The predicted molar refractivity (Wildman–Crippen MR) is 76.2 cm³/mol. The average molecular weight is 308 g/mol. The van der Waals surface area contributed by atoms with E-state index in [2.05, 4.69) is 0 Å². The number of hydrogen-bond donors (Lipinski definition) is 1. The maximum atomic E-state index is 12.4. The molecule has 7 heteroatoms. The van der Waals surface area contributed by atoms with E-state index in [-0.39, 0.29) is 21.9 Å². The van der Waals surface area contributed by atoms with Gasteiger partial charge >= 0.3 is 5.69 Å². The Labute approximate surface area is 124 Å². The molecule has 0 unspecified atom stereocenters. The molecule has 2 rings (SSSR count). The molecule has 2 aromatic carbocycles. The standard InChI is InChI=1S/C14H10ClNO5/c1-21-12-7-8(6-11(14(12)18)16(19)20)13(17)9-4-2-3-5-10(9)15/h2-7,18H,1H3. The van der Waals surface area contributed by atoms with Crippen molar-refractivity contribution in [2.75, 3.05) is 7.11 Å². The number of benzene rings is 2. The highest BCUT2D eigenvalue weighted by molar-refractivity contribution is 6.35. The highest BCUT2D eigenvalue weighted by atomic mass is 35.5. The van der Waals surface area contributed by atoms with Crippen LogP contribution in [-0.4, -0.2) is 22.9 Å². The second-order valence-corrected chi connectivity index (χ2v) is 4.52. The molecule has 0 radical (unpaired) electrons. The van der Waals surface area contributed by atoms with Crippen LogP contribution < -0.4 is 4.74 Å². The lowest BCUT2D eigenvalue weighted by Gasteiger charge is -2.08. The molecule has 0 aromatic heterocycles. The molecular weight excluding hydrogens is 298 g/mol. The van der Waals surface area contributed by atoms with E-state index in [0.717, 1.165) is 6.07 Å². The zero-order valence-electron chi connectivity index (χ0n) is 10.9. The molecular formula is C14H10ClNO5. The van der Waals surface area contributed by atoms with Crippen LogP contribution in [0.15, 0.2) is 36.4 Å². The summed E-state index contributed by atoms with van der Waals surface area (Å²) >= 11 is 5.94. The number of ketones is 1. The predicted octanol–water partition coefficient (Wildman–Crippen LogP) is 3.19. The number of halogens is 1. The van der Waals surface area contributed by atoms with Crippen molar-refractivity contribution >= 4 is 23.1 Å². The number of nitro benzene ring substituents is 1. The highest BCUT2D eigenvalue weighted by Gasteiger charge is 2.23. The normalized spacial score (nSPS) is 10.2. The fourth-order valence-corrected chi connectivity index (χ4v) is 2.04. The van der Waals surface area contributed by atoms with Gasteiger partial charge in [0.2, 0.25) is 5.75 Å². The molecule has 0 saturated carbocycles. The largest absolute Gasteiger partial charge is 0.500 e. The topological polar surface area (TPSA) is 89.7 Å². The summed E-state index contributed by atoms with van der Waals surface area (Å²) in [6.45, 7) is 0. The molecule has 0 aliphatic heterocycles. The number of phenolic OH excluding ortho intramolecular Hbond substituents is 1. The third kappa shape index (κ3) is 2.80. The molecule has 21 heavy (non-hydrogen) atoms. The maximum Gasteiger partial charge on any atom is 0.315 e. The fourth-order valence-electron chi connectivity index (χ4n) is 1.82. The second-order valence-electron chi connectivity index (χ2n) is 4.11. The summed E-state index contributed by atoms with van der Waals surface area (Å²) < 4.78 is 4.85. The Hall–Kier alpha value is -2.60. The van der Waals surface area contributed by atoms with Gasteiger partial charge in [0.15, 0.2) is 11.5 Å². The van der Waals surface area contributed by atoms with Crippen molar-refractivity contribution in [1.82, 2.24) is 0 Å². The first kappa shape index (κ1) is 14.8. The van der Waals surface area contributed by atoms with E-state index in [0.29, 0.717) is 0 Å². The monoisotopic (exact) mass is 307 g/mol. The number of methoxy groups -OCH3 is 1. The van der Waals surface area contributed by atoms with Crippen molar-refractivity contribution in [1.29, 1.82) is 0 Å². The minimum absolute atomic E-state index is 0.00412. The SMILES string of the molecule is COc1cc(C(=O)c2ccccc2Cl)cc([N+](=O)[O-])c1O. The van der Waals surface area contributed by atoms with Gasteiger partial charge in [-0.3, -0.25) is 14.9 Å². The lowest BCUT2D eigenvalue weighted by Crippen LogP contribution is -2.04. The van der Waals surface area contributed by atoms with E-state index in [1.54, 1.807) is 18.2 Å². The van der Waals surface area contributed by atoms with E-state index in [9.17, 15) is 20.0 Å². The van der Waals surface area contributed by atoms with Crippen LogP contribution in [0.1, 0.15) is 15.9 Å². The molecule has 0 bridgehead atoms. The summed E-state index contributed by atoms with van der Waals surface area (Å²) in [6.07, 6.45) is 0. The zero-order valence-corrected chi connectivity index (χ0v) is 11.6. The van der Waals surface area contributed by atoms with Crippen LogP contribution in [0.3, 0.4) is 0 Å². The van der Waals surface area contributed by atoms with Gasteiger partial charge in [0, 0.05) is 17.2 Å². The number of rotatable bonds is 4.